The number of hydrogen-bond acceptors (Lipinski definition) is 2. The summed E-state index contributed by atoms with van der Waals surface area (Å²) in [5.74, 6) is 0.224. The van der Waals surface area contributed by atoms with Crippen molar-refractivity contribution in [1.82, 2.24) is 4.90 Å². The maximum Gasteiger partial charge on any atom is 0.225 e. The maximum atomic E-state index is 11.3. The standard InChI is InChI=1S/C8H15NO2/c1-9(2)8(11)6-3-4-7(10)5-6/h6-7,10H,3-5H2,1-2H3/t6-,7+/m0/s1. The van der Waals surface area contributed by atoms with Gasteiger partial charge in [0.1, 0.15) is 0 Å². The molecule has 0 radical (unpaired) electrons. The van der Waals surface area contributed by atoms with Crippen LogP contribution in [0.25, 0.3) is 0 Å². The van der Waals surface area contributed by atoms with Crippen molar-refractivity contribution in [3.05, 3.63) is 0 Å². The predicted octanol–water partition coefficient (Wildman–Crippen LogP) is 0.236. The molecule has 1 fully saturated rings. The molecule has 2 atom stereocenters. The maximum absolute atomic E-state index is 11.3. The molecule has 0 spiro atoms. The van der Waals surface area contributed by atoms with Gasteiger partial charge < -0.3 is 10.0 Å². The zero-order valence-corrected chi connectivity index (χ0v) is 7.08. The van der Waals surface area contributed by atoms with Crippen molar-refractivity contribution in [2.24, 2.45) is 5.92 Å². The summed E-state index contributed by atoms with van der Waals surface area (Å²) in [5, 5.41) is 9.16. The molecule has 0 aromatic carbocycles. The lowest BCUT2D eigenvalue weighted by Gasteiger charge is -2.15. The molecule has 0 unspecified atom stereocenters. The van der Waals surface area contributed by atoms with Crippen LogP contribution in [-0.2, 0) is 4.79 Å². The Balaban J connectivity index is 2.43. The van der Waals surface area contributed by atoms with Crippen LogP contribution in [0, 0.1) is 5.92 Å². The van der Waals surface area contributed by atoms with E-state index >= 15 is 0 Å². The summed E-state index contributed by atoms with van der Waals surface area (Å²) >= 11 is 0. The first-order valence-corrected chi connectivity index (χ1v) is 4.00. The molecule has 1 saturated carbocycles. The molecular weight excluding hydrogens is 142 g/mol. The van der Waals surface area contributed by atoms with Crippen LogP contribution in [-0.4, -0.2) is 36.1 Å². The highest BCUT2D eigenvalue weighted by Gasteiger charge is 2.29. The van der Waals surface area contributed by atoms with Crippen LogP contribution in [0.1, 0.15) is 19.3 Å². The second kappa shape index (κ2) is 3.22. The first-order valence-electron chi connectivity index (χ1n) is 4.00. The number of carbonyl (C=O) groups is 1. The first-order chi connectivity index (χ1) is 5.11. The van der Waals surface area contributed by atoms with Crippen molar-refractivity contribution < 1.29 is 9.90 Å². The third-order valence-electron chi connectivity index (χ3n) is 2.19. The molecule has 11 heavy (non-hydrogen) atoms. The minimum Gasteiger partial charge on any atom is -0.393 e. The van der Waals surface area contributed by atoms with Crippen molar-refractivity contribution in [3.63, 3.8) is 0 Å². The summed E-state index contributed by atoms with van der Waals surface area (Å²) in [6.07, 6.45) is 2.03. The summed E-state index contributed by atoms with van der Waals surface area (Å²) in [7, 11) is 3.51. The Labute approximate surface area is 67.0 Å². The van der Waals surface area contributed by atoms with Crippen molar-refractivity contribution in [1.29, 1.82) is 0 Å². The number of nitrogens with zero attached hydrogens (tertiary/aromatic N) is 1. The smallest absolute Gasteiger partial charge is 0.225 e. The Morgan fingerprint density at radius 2 is 2.09 bits per heavy atom. The molecule has 1 aliphatic rings. The second-order valence-electron chi connectivity index (χ2n) is 3.40. The molecule has 3 heteroatoms. The Kier molecular flexibility index (Phi) is 2.49. The number of aliphatic hydroxyl groups is 1. The second-order valence-corrected chi connectivity index (χ2v) is 3.40. The van der Waals surface area contributed by atoms with Crippen molar-refractivity contribution in [2.75, 3.05) is 14.1 Å². The van der Waals surface area contributed by atoms with E-state index in [-0.39, 0.29) is 17.9 Å². The lowest BCUT2D eigenvalue weighted by Crippen LogP contribution is -2.28. The third kappa shape index (κ3) is 1.93. The third-order valence-corrected chi connectivity index (χ3v) is 2.19. The van der Waals surface area contributed by atoms with Crippen molar-refractivity contribution in [3.8, 4) is 0 Å². The zero-order chi connectivity index (χ0) is 8.43. The van der Waals surface area contributed by atoms with Gasteiger partial charge in [-0.25, -0.2) is 0 Å². The van der Waals surface area contributed by atoms with Gasteiger partial charge in [0.25, 0.3) is 0 Å². The highest BCUT2D eigenvalue weighted by molar-refractivity contribution is 5.78. The molecule has 64 valence electrons. The molecule has 1 aliphatic carbocycles. The minimum absolute atomic E-state index is 0.0694. The number of carbonyl (C=O) groups excluding carboxylic acids is 1. The number of rotatable bonds is 1. The van der Waals surface area contributed by atoms with Crippen LogP contribution >= 0.6 is 0 Å². The monoisotopic (exact) mass is 157 g/mol. The lowest BCUT2D eigenvalue weighted by atomic mass is 10.1. The molecule has 0 aromatic heterocycles. The number of aliphatic hydroxyl groups excluding tert-OH is 1. The van der Waals surface area contributed by atoms with Crippen LogP contribution in [0.4, 0.5) is 0 Å². The average Bonchev–Trinajstić information content (AvgIpc) is 2.34. The highest BCUT2D eigenvalue weighted by atomic mass is 16.3. The van der Waals surface area contributed by atoms with E-state index in [9.17, 15) is 4.79 Å². The quantitative estimate of drug-likeness (QED) is 0.592. The van der Waals surface area contributed by atoms with E-state index < -0.39 is 0 Å². The van der Waals surface area contributed by atoms with Crippen LogP contribution in [0.15, 0.2) is 0 Å². The summed E-state index contributed by atoms with van der Waals surface area (Å²) in [6, 6.07) is 0. The van der Waals surface area contributed by atoms with Gasteiger partial charge in [-0.05, 0) is 19.3 Å². The minimum atomic E-state index is -0.246. The molecule has 1 N–H and O–H groups in total. The highest BCUT2D eigenvalue weighted by Crippen LogP contribution is 2.26. The average molecular weight is 157 g/mol. The molecule has 1 amide bonds. The van der Waals surface area contributed by atoms with E-state index in [0.29, 0.717) is 6.42 Å². The number of amides is 1. The van der Waals surface area contributed by atoms with Crippen LogP contribution < -0.4 is 0 Å². The topological polar surface area (TPSA) is 40.5 Å². The van der Waals surface area contributed by atoms with Crippen molar-refractivity contribution in [2.45, 2.75) is 25.4 Å². The number of hydrogen-bond donors (Lipinski definition) is 1. The fraction of sp³-hybridized carbons (Fsp3) is 0.875. The Bertz CT molecular complexity index is 156. The van der Waals surface area contributed by atoms with Gasteiger partial charge in [0.05, 0.1) is 6.10 Å². The molecule has 0 aliphatic heterocycles. The van der Waals surface area contributed by atoms with Gasteiger partial charge in [-0.15, -0.1) is 0 Å². The lowest BCUT2D eigenvalue weighted by molar-refractivity contribution is -0.132. The molecular formula is C8H15NO2. The SMILES string of the molecule is CN(C)C(=O)[C@H]1CC[C@@H](O)C1. The summed E-state index contributed by atoms with van der Waals surface area (Å²) in [4.78, 5) is 12.9. The van der Waals surface area contributed by atoms with Crippen molar-refractivity contribution >= 4 is 5.91 Å². The van der Waals surface area contributed by atoms with E-state index in [4.69, 9.17) is 5.11 Å². The van der Waals surface area contributed by atoms with Gasteiger partial charge in [0.15, 0.2) is 0 Å². The first kappa shape index (κ1) is 8.53. The Morgan fingerprint density at radius 1 is 1.45 bits per heavy atom. The molecule has 3 nitrogen and oxygen atoms in total. The van der Waals surface area contributed by atoms with Crippen LogP contribution in [0.2, 0.25) is 0 Å². The van der Waals surface area contributed by atoms with Gasteiger partial charge in [0, 0.05) is 20.0 Å². The fourth-order valence-corrected chi connectivity index (χ4v) is 1.55. The normalized spacial score (nSPS) is 30.5. The zero-order valence-electron chi connectivity index (χ0n) is 7.08. The van der Waals surface area contributed by atoms with Gasteiger partial charge in [-0.1, -0.05) is 0 Å². The molecule has 0 heterocycles. The van der Waals surface area contributed by atoms with E-state index in [1.54, 1.807) is 19.0 Å². The molecule has 1 rings (SSSR count). The summed E-state index contributed by atoms with van der Waals surface area (Å²) in [6.45, 7) is 0. The van der Waals surface area contributed by atoms with E-state index in [2.05, 4.69) is 0 Å². The van der Waals surface area contributed by atoms with Gasteiger partial charge in [-0.2, -0.15) is 0 Å². The fourth-order valence-electron chi connectivity index (χ4n) is 1.55. The molecule has 0 aromatic rings. The van der Waals surface area contributed by atoms with Crippen LogP contribution in [0.3, 0.4) is 0 Å². The van der Waals surface area contributed by atoms with E-state index in [0.717, 1.165) is 12.8 Å². The largest absolute Gasteiger partial charge is 0.393 e. The van der Waals surface area contributed by atoms with E-state index in [1.807, 2.05) is 0 Å². The molecule has 0 saturated heterocycles. The Morgan fingerprint density at radius 3 is 2.45 bits per heavy atom. The van der Waals surface area contributed by atoms with Gasteiger partial charge >= 0.3 is 0 Å². The predicted molar refractivity (Wildman–Crippen MR) is 42.0 cm³/mol. The summed E-state index contributed by atoms with van der Waals surface area (Å²) in [5.41, 5.74) is 0. The summed E-state index contributed by atoms with van der Waals surface area (Å²) < 4.78 is 0. The Hall–Kier alpha value is -0.570. The van der Waals surface area contributed by atoms with Gasteiger partial charge in [-0.3, -0.25) is 4.79 Å². The molecule has 0 bridgehead atoms. The van der Waals surface area contributed by atoms with E-state index in [1.165, 1.54) is 0 Å². The van der Waals surface area contributed by atoms with Gasteiger partial charge in [0.2, 0.25) is 5.91 Å². The van der Waals surface area contributed by atoms with Crippen LogP contribution in [0.5, 0.6) is 0 Å².